The topological polar surface area (TPSA) is 20.2 Å². The van der Waals surface area contributed by atoms with E-state index in [9.17, 15) is 0 Å². The molecule has 0 aliphatic carbocycles. The van der Waals surface area contributed by atoms with Gasteiger partial charge in [-0.15, -0.1) is 0 Å². The molecule has 0 fully saturated rings. The number of rotatable bonds is 1. The second kappa shape index (κ2) is 5.70. The first kappa shape index (κ1) is 9.85. The summed E-state index contributed by atoms with van der Waals surface area (Å²) in [6.07, 6.45) is 0.745. The van der Waals surface area contributed by atoms with Gasteiger partial charge in [-0.2, -0.15) is 0 Å². The zero-order valence-corrected chi connectivity index (χ0v) is 7.39. The van der Waals surface area contributed by atoms with Gasteiger partial charge in [-0.25, -0.2) is 0 Å². The van der Waals surface area contributed by atoms with Gasteiger partial charge in [-0.1, -0.05) is 6.92 Å². The van der Waals surface area contributed by atoms with Gasteiger partial charge >= 0.3 is 0 Å². The van der Waals surface area contributed by atoms with E-state index in [1.165, 1.54) is 0 Å². The maximum absolute atomic E-state index is 8.36. The van der Waals surface area contributed by atoms with Crippen molar-refractivity contribution in [2.75, 3.05) is 0 Å². The average molecular weight is 255 g/mol. The van der Waals surface area contributed by atoms with Gasteiger partial charge in [0.05, 0.1) is 6.10 Å². The summed E-state index contributed by atoms with van der Waals surface area (Å²) in [7, 11) is 0. The van der Waals surface area contributed by atoms with Gasteiger partial charge in [0, 0.05) is 22.4 Å². The summed E-state index contributed by atoms with van der Waals surface area (Å²) in [6.45, 7) is 3.73. The first-order chi connectivity index (χ1) is 2.27. The zero-order valence-electron chi connectivity index (χ0n) is 4.18. The minimum atomic E-state index is -0.116. The summed E-state index contributed by atoms with van der Waals surface area (Å²) in [5.41, 5.74) is 0. The largest absolute Gasteiger partial charge is 0.393 e. The molecule has 1 unspecified atom stereocenters. The van der Waals surface area contributed by atoms with E-state index in [0.717, 1.165) is 6.42 Å². The molecule has 0 rings (SSSR count). The molecule has 1 radical (unpaired) electrons. The zero-order chi connectivity index (χ0) is 4.28. The Kier molecular flexibility index (Phi) is 9.36. The summed E-state index contributed by atoms with van der Waals surface area (Å²) in [5.74, 6) is 0. The van der Waals surface area contributed by atoms with Crippen molar-refractivity contribution in [3.63, 3.8) is 0 Å². The predicted octanol–water partition coefficient (Wildman–Crippen LogP) is 0.775. The molecule has 0 spiro atoms. The molecule has 2 heteroatoms. The molecule has 1 N–H and O–H groups in total. The van der Waals surface area contributed by atoms with Crippen LogP contribution in [0.5, 0.6) is 0 Å². The van der Waals surface area contributed by atoms with E-state index in [2.05, 4.69) is 0 Å². The Bertz CT molecular complexity index is 21.5. The van der Waals surface area contributed by atoms with Crippen LogP contribution in [0.1, 0.15) is 20.3 Å². The molecule has 0 aromatic rings. The molecular weight excluding hydrogens is 245 g/mol. The molecule has 0 aromatic carbocycles. The molecule has 0 saturated heterocycles. The van der Waals surface area contributed by atoms with Crippen molar-refractivity contribution < 1.29 is 27.5 Å². The first-order valence-electron chi connectivity index (χ1n) is 1.95. The minimum Gasteiger partial charge on any atom is -0.393 e. The van der Waals surface area contributed by atoms with Crippen molar-refractivity contribution in [2.24, 2.45) is 0 Å². The van der Waals surface area contributed by atoms with Gasteiger partial charge < -0.3 is 5.11 Å². The normalized spacial score (nSPS) is 12.5. The average Bonchev–Trinajstić information content (AvgIpc) is 1.38. The van der Waals surface area contributed by atoms with Crippen LogP contribution in [0, 0.1) is 0 Å². The third kappa shape index (κ3) is 8.83. The van der Waals surface area contributed by atoms with E-state index >= 15 is 0 Å². The van der Waals surface area contributed by atoms with Gasteiger partial charge in [-0.05, 0) is 13.3 Å². The van der Waals surface area contributed by atoms with Crippen LogP contribution in [-0.2, 0) is 22.4 Å². The number of aliphatic hydroxyl groups excluding tert-OH is 1. The van der Waals surface area contributed by atoms with Crippen LogP contribution in [0.2, 0.25) is 0 Å². The Hall–Kier alpha value is 0.700. The van der Waals surface area contributed by atoms with Gasteiger partial charge in [0.2, 0.25) is 0 Å². The Morgan fingerprint density at radius 3 is 1.83 bits per heavy atom. The van der Waals surface area contributed by atoms with Crippen molar-refractivity contribution in [1.29, 1.82) is 0 Å². The van der Waals surface area contributed by atoms with Crippen molar-refractivity contribution in [2.45, 2.75) is 26.4 Å². The molecule has 0 saturated carbocycles. The van der Waals surface area contributed by atoms with Crippen LogP contribution in [0.25, 0.3) is 0 Å². The third-order valence-electron chi connectivity index (χ3n) is 0.591. The summed E-state index contributed by atoms with van der Waals surface area (Å²) in [6, 6.07) is 0. The molecule has 0 aromatic heterocycles. The van der Waals surface area contributed by atoms with Gasteiger partial charge in [0.1, 0.15) is 0 Å². The quantitative estimate of drug-likeness (QED) is 0.734. The fourth-order valence-corrected chi connectivity index (χ4v) is 0. The fraction of sp³-hybridized carbons (Fsp3) is 1.00. The Morgan fingerprint density at radius 1 is 1.67 bits per heavy atom. The summed E-state index contributed by atoms with van der Waals surface area (Å²) < 4.78 is 0. The Labute approximate surface area is 54.3 Å². The van der Waals surface area contributed by atoms with E-state index in [4.69, 9.17) is 5.11 Å². The Balaban J connectivity index is 0. The molecule has 0 aliphatic heterocycles. The van der Waals surface area contributed by atoms with Crippen molar-refractivity contribution in [3.05, 3.63) is 0 Å². The minimum absolute atomic E-state index is 0. The van der Waals surface area contributed by atoms with Crippen LogP contribution in [0.3, 0.4) is 0 Å². The molecule has 0 aliphatic rings. The molecule has 1 atom stereocenters. The molecule has 0 heterocycles. The van der Waals surface area contributed by atoms with Crippen LogP contribution in [0.4, 0.5) is 0 Å². The standard InChI is InChI=1S/C4H10O.Ta/c1-3-4(2)5;/h4-5H,3H2,1-2H3;. The maximum atomic E-state index is 8.36. The molecule has 6 heavy (non-hydrogen) atoms. The number of hydrogen-bond acceptors (Lipinski definition) is 1. The smallest absolute Gasteiger partial charge is 0.0509 e. The Morgan fingerprint density at radius 2 is 1.83 bits per heavy atom. The predicted molar refractivity (Wildman–Crippen MR) is 22.0 cm³/mol. The number of hydrogen-bond donors (Lipinski definition) is 1. The molecule has 37 valence electrons. The van der Waals surface area contributed by atoms with E-state index in [0.29, 0.717) is 0 Å². The third-order valence-corrected chi connectivity index (χ3v) is 0.591. The number of aliphatic hydroxyl groups is 1. The van der Waals surface area contributed by atoms with Crippen LogP contribution < -0.4 is 0 Å². The van der Waals surface area contributed by atoms with Crippen LogP contribution in [-0.4, -0.2) is 11.2 Å². The van der Waals surface area contributed by atoms with Crippen molar-refractivity contribution >= 4 is 0 Å². The molecular formula is C4H10OTa. The van der Waals surface area contributed by atoms with E-state index < -0.39 is 0 Å². The van der Waals surface area contributed by atoms with Crippen LogP contribution in [0.15, 0.2) is 0 Å². The molecule has 0 bridgehead atoms. The van der Waals surface area contributed by atoms with Gasteiger partial charge in [0.25, 0.3) is 0 Å². The first-order valence-corrected chi connectivity index (χ1v) is 1.95. The van der Waals surface area contributed by atoms with Gasteiger partial charge in [0.15, 0.2) is 0 Å². The van der Waals surface area contributed by atoms with Crippen molar-refractivity contribution in [3.8, 4) is 0 Å². The summed E-state index contributed by atoms with van der Waals surface area (Å²) in [5, 5.41) is 8.36. The monoisotopic (exact) mass is 255 g/mol. The van der Waals surface area contributed by atoms with E-state index in [1.54, 1.807) is 6.92 Å². The summed E-state index contributed by atoms with van der Waals surface area (Å²) >= 11 is 0. The van der Waals surface area contributed by atoms with E-state index in [1.807, 2.05) is 6.92 Å². The molecule has 0 amide bonds. The maximum Gasteiger partial charge on any atom is 0.0509 e. The fourth-order valence-electron chi connectivity index (χ4n) is 0. The second-order valence-corrected chi connectivity index (χ2v) is 1.26. The van der Waals surface area contributed by atoms with E-state index in [-0.39, 0.29) is 28.5 Å². The summed E-state index contributed by atoms with van der Waals surface area (Å²) in [4.78, 5) is 0. The molecule has 1 nitrogen and oxygen atoms in total. The van der Waals surface area contributed by atoms with Gasteiger partial charge in [-0.3, -0.25) is 0 Å². The second-order valence-electron chi connectivity index (χ2n) is 1.26. The van der Waals surface area contributed by atoms with Crippen LogP contribution >= 0.6 is 0 Å². The van der Waals surface area contributed by atoms with Crippen molar-refractivity contribution in [1.82, 2.24) is 0 Å². The SMILES string of the molecule is CCC(C)O.[Ta].